The SMILES string of the molecule is CCC(C)OCCOc1ccc(C(=O)O)cc1. The Morgan fingerprint density at radius 3 is 2.47 bits per heavy atom. The van der Waals surface area contributed by atoms with Crippen LogP contribution in [-0.4, -0.2) is 30.4 Å². The van der Waals surface area contributed by atoms with E-state index in [4.69, 9.17) is 14.6 Å². The van der Waals surface area contributed by atoms with Crippen molar-refractivity contribution in [1.82, 2.24) is 0 Å². The van der Waals surface area contributed by atoms with Gasteiger partial charge < -0.3 is 14.6 Å². The number of carbonyl (C=O) groups is 1. The molecule has 0 saturated heterocycles. The summed E-state index contributed by atoms with van der Waals surface area (Å²) in [7, 11) is 0. The number of hydrogen-bond acceptors (Lipinski definition) is 3. The van der Waals surface area contributed by atoms with Gasteiger partial charge >= 0.3 is 5.97 Å². The van der Waals surface area contributed by atoms with Crippen molar-refractivity contribution >= 4 is 5.97 Å². The van der Waals surface area contributed by atoms with E-state index in [-0.39, 0.29) is 11.7 Å². The lowest BCUT2D eigenvalue weighted by Gasteiger charge is -2.11. The summed E-state index contributed by atoms with van der Waals surface area (Å²) in [6.45, 7) is 5.09. The fourth-order valence-corrected chi connectivity index (χ4v) is 1.22. The Morgan fingerprint density at radius 1 is 1.29 bits per heavy atom. The lowest BCUT2D eigenvalue weighted by atomic mass is 10.2. The molecule has 0 aromatic heterocycles. The van der Waals surface area contributed by atoms with E-state index in [1.54, 1.807) is 12.1 Å². The van der Waals surface area contributed by atoms with Crippen molar-refractivity contribution in [3.8, 4) is 5.75 Å². The molecule has 1 N–H and O–H groups in total. The summed E-state index contributed by atoms with van der Waals surface area (Å²) in [6.07, 6.45) is 1.22. The van der Waals surface area contributed by atoms with Gasteiger partial charge in [-0.05, 0) is 37.6 Å². The Kier molecular flexibility index (Phi) is 5.49. The van der Waals surface area contributed by atoms with Gasteiger partial charge in [-0.1, -0.05) is 6.92 Å². The lowest BCUT2D eigenvalue weighted by molar-refractivity contribution is 0.0426. The van der Waals surface area contributed by atoms with Crippen LogP contribution in [0.4, 0.5) is 0 Å². The maximum Gasteiger partial charge on any atom is 0.335 e. The van der Waals surface area contributed by atoms with E-state index < -0.39 is 5.97 Å². The largest absolute Gasteiger partial charge is 0.491 e. The minimum absolute atomic E-state index is 0.244. The van der Waals surface area contributed by atoms with Gasteiger partial charge in [0.05, 0.1) is 18.3 Å². The summed E-state index contributed by atoms with van der Waals surface area (Å²) in [6, 6.07) is 6.33. The average Bonchev–Trinajstić information content (AvgIpc) is 2.34. The van der Waals surface area contributed by atoms with Crippen molar-refractivity contribution in [2.24, 2.45) is 0 Å². The first-order valence-electron chi connectivity index (χ1n) is 5.71. The third-order valence-electron chi connectivity index (χ3n) is 2.43. The van der Waals surface area contributed by atoms with E-state index in [1.807, 2.05) is 6.92 Å². The van der Waals surface area contributed by atoms with Crippen molar-refractivity contribution in [2.45, 2.75) is 26.4 Å². The number of carboxylic acid groups (broad SMARTS) is 1. The van der Waals surface area contributed by atoms with Gasteiger partial charge in [-0.25, -0.2) is 4.79 Å². The molecule has 0 aliphatic heterocycles. The van der Waals surface area contributed by atoms with Crippen molar-refractivity contribution in [3.05, 3.63) is 29.8 Å². The van der Waals surface area contributed by atoms with Crippen LogP contribution in [0.5, 0.6) is 5.75 Å². The summed E-state index contributed by atoms with van der Waals surface area (Å²) >= 11 is 0. The Hall–Kier alpha value is -1.55. The van der Waals surface area contributed by atoms with Crippen molar-refractivity contribution in [2.75, 3.05) is 13.2 Å². The van der Waals surface area contributed by atoms with Crippen LogP contribution in [0.15, 0.2) is 24.3 Å². The van der Waals surface area contributed by atoms with E-state index >= 15 is 0 Å². The van der Waals surface area contributed by atoms with E-state index in [2.05, 4.69) is 6.92 Å². The molecule has 0 amide bonds. The molecular weight excluding hydrogens is 220 g/mol. The van der Waals surface area contributed by atoms with Crippen LogP contribution in [0.25, 0.3) is 0 Å². The molecule has 0 aliphatic carbocycles. The van der Waals surface area contributed by atoms with Crippen LogP contribution in [0.2, 0.25) is 0 Å². The maximum absolute atomic E-state index is 10.6. The molecule has 1 aromatic rings. The predicted molar refractivity (Wildman–Crippen MR) is 64.6 cm³/mol. The summed E-state index contributed by atoms with van der Waals surface area (Å²) in [5, 5.41) is 8.72. The highest BCUT2D eigenvalue weighted by Crippen LogP contribution is 2.12. The first-order chi connectivity index (χ1) is 8.13. The molecular formula is C13H18O4. The maximum atomic E-state index is 10.6. The predicted octanol–water partition coefficient (Wildman–Crippen LogP) is 2.58. The fraction of sp³-hybridized carbons (Fsp3) is 0.462. The molecule has 0 radical (unpaired) electrons. The lowest BCUT2D eigenvalue weighted by Crippen LogP contribution is -2.13. The van der Waals surface area contributed by atoms with Crippen molar-refractivity contribution in [3.63, 3.8) is 0 Å². The van der Waals surface area contributed by atoms with Crippen LogP contribution >= 0.6 is 0 Å². The molecule has 1 rings (SSSR count). The Balaban J connectivity index is 2.30. The van der Waals surface area contributed by atoms with Crippen LogP contribution in [-0.2, 0) is 4.74 Å². The smallest absolute Gasteiger partial charge is 0.335 e. The minimum atomic E-state index is -0.934. The molecule has 1 unspecified atom stereocenters. The summed E-state index contributed by atoms with van der Waals surface area (Å²) < 4.78 is 10.9. The molecule has 0 heterocycles. The normalized spacial score (nSPS) is 12.1. The third kappa shape index (κ3) is 4.87. The van der Waals surface area contributed by atoms with Crippen molar-refractivity contribution in [1.29, 1.82) is 0 Å². The average molecular weight is 238 g/mol. The first kappa shape index (κ1) is 13.5. The van der Waals surface area contributed by atoms with E-state index in [0.717, 1.165) is 6.42 Å². The molecule has 4 heteroatoms. The Bertz CT molecular complexity index is 345. The second-order valence-electron chi connectivity index (χ2n) is 3.77. The number of ether oxygens (including phenoxy) is 2. The zero-order valence-electron chi connectivity index (χ0n) is 10.2. The zero-order chi connectivity index (χ0) is 12.7. The molecule has 0 fully saturated rings. The van der Waals surface area contributed by atoms with Gasteiger partial charge in [-0.2, -0.15) is 0 Å². The second-order valence-corrected chi connectivity index (χ2v) is 3.77. The summed E-state index contributed by atoms with van der Waals surface area (Å²) in [5.74, 6) is -0.278. The van der Waals surface area contributed by atoms with Gasteiger partial charge in [0.2, 0.25) is 0 Å². The number of hydrogen-bond donors (Lipinski definition) is 1. The molecule has 17 heavy (non-hydrogen) atoms. The van der Waals surface area contributed by atoms with Crippen LogP contribution in [0, 0.1) is 0 Å². The number of benzene rings is 1. The number of aromatic carboxylic acids is 1. The molecule has 0 spiro atoms. The zero-order valence-corrected chi connectivity index (χ0v) is 10.2. The molecule has 0 bridgehead atoms. The molecule has 94 valence electrons. The van der Waals surface area contributed by atoms with Crippen LogP contribution in [0.1, 0.15) is 30.6 Å². The van der Waals surface area contributed by atoms with Gasteiger partial charge in [0.15, 0.2) is 0 Å². The molecule has 0 saturated carbocycles. The van der Waals surface area contributed by atoms with Crippen LogP contribution in [0.3, 0.4) is 0 Å². The van der Waals surface area contributed by atoms with Gasteiger partial charge in [0.1, 0.15) is 12.4 Å². The highest BCUT2D eigenvalue weighted by atomic mass is 16.5. The summed E-state index contributed by atoms with van der Waals surface area (Å²) in [4.78, 5) is 10.6. The van der Waals surface area contributed by atoms with E-state index in [0.29, 0.717) is 19.0 Å². The second kappa shape index (κ2) is 6.91. The number of carboxylic acids is 1. The minimum Gasteiger partial charge on any atom is -0.491 e. The third-order valence-corrected chi connectivity index (χ3v) is 2.43. The molecule has 1 atom stereocenters. The highest BCUT2D eigenvalue weighted by Gasteiger charge is 2.02. The van der Waals surface area contributed by atoms with E-state index in [1.165, 1.54) is 12.1 Å². The monoisotopic (exact) mass is 238 g/mol. The van der Waals surface area contributed by atoms with Gasteiger partial charge in [0, 0.05) is 0 Å². The quantitative estimate of drug-likeness (QED) is 0.742. The van der Waals surface area contributed by atoms with Gasteiger partial charge in [-0.3, -0.25) is 0 Å². The molecule has 0 aliphatic rings. The first-order valence-corrected chi connectivity index (χ1v) is 5.71. The number of rotatable bonds is 7. The van der Waals surface area contributed by atoms with Gasteiger partial charge in [-0.15, -0.1) is 0 Å². The van der Waals surface area contributed by atoms with Crippen LogP contribution < -0.4 is 4.74 Å². The Morgan fingerprint density at radius 2 is 1.94 bits per heavy atom. The van der Waals surface area contributed by atoms with Gasteiger partial charge in [0.25, 0.3) is 0 Å². The van der Waals surface area contributed by atoms with Crippen molar-refractivity contribution < 1.29 is 19.4 Å². The molecule has 4 nitrogen and oxygen atoms in total. The highest BCUT2D eigenvalue weighted by molar-refractivity contribution is 5.87. The topological polar surface area (TPSA) is 55.8 Å². The summed E-state index contributed by atoms with van der Waals surface area (Å²) in [5.41, 5.74) is 0.258. The van der Waals surface area contributed by atoms with E-state index in [9.17, 15) is 4.79 Å². The standard InChI is InChI=1S/C13H18O4/c1-3-10(2)16-8-9-17-12-6-4-11(5-7-12)13(14)15/h4-7,10H,3,8-9H2,1-2H3,(H,14,15). The fourth-order valence-electron chi connectivity index (χ4n) is 1.22. The Labute approximate surface area is 101 Å². The molecule has 1 aromatic carbocycles.